The minimum Gasteiger partial charge on any atom is -0.510 e. The van der Waals surface area contributed by atoms with Gasteiger partial charge < -0.3 is 22.9 Å². The van der Waals surface area contributed by atoms with Gasteiger partial charge in [0.25, 0.3) is 6.33 Å². The smallest absolute Gasteiger partial charge is 0.268 e. The maximum Gasteiger partial charge on any atom is 0.268 e. The fourth-order valence-electron chi connectivity index (χ4n) is 15.7. The van der Waals surface area contributed by atoms with Crippen LogP contribution in [-0.4, -0.2) is 18.7 Å². The molecule has 0 atom stereocenters. The van der Waals surface area contributed by atoms with Crippen molar-refractivity contribution >= 4 is 76.6 Å². The van der Waals surface area contributed by atoms with Crippen LogP contribution in [0.1, 0.15) is 104 Å². The van der Waals surface area contributed by atoms with Crippen LogP contribution in [0.15, 0.2) is 229 Å². The molecule has 0 amide bonds. The summed E-state index contributed by atoms with van der Waals surface area (Å²) in [5.41, 5.74) is 24.7. The van der Waals surface area contributed by atoms with Gasteiger partial charge in [-0.2, -0.15) is 18.2 Å². The Bertz CT molecular complexity index is 5880. The Kier molecular flexibility index (Phi) is 13.3. The molecule has 11 aromatic carbocycles. The first-order chi connectivity index (χ1) is 45.8. The fourth-order valence-corrected chi connectivity index (χ4v) is 15.7. The number of rotatable bonds is 6. The standard InChI is InChI=1S/C88H71N5O2.Pt/c1-85(2,3)54-38-41-89-82(45-54)93-77-32-19-15-28-64(77)65-36-35-59(49-78(65)93)94-58-23-21-22-56(46-58)90-52-91-83-67(53-34-37-81-70(42-53)66-29-16-20-33-80(66)95-81)43-55(86(4,5)6)44-71(83)69-51-74-73(87(7,8)39-40-88(74,9)10)50-68(69)60-24-11-12-25-61(60)72-47-57(48-79(90)84(72)91)92-75-30-17-13-26-62(75)63-27-14-18-31-76(63)92;/h11-38,41-45,47-48,50-51H,39-40H2,1-10H3;/q-2;. The number of pyridine rings is 1. The quantitative estimate of drug-likeness (QED) is 0.123. The van der Waals surface area contributed by atoms with E-state index in [1.165, 1.54) is 49.7 Å². The van der Waals surface area contributed by atoms with E-state index in [0.717, 1.165) is 129 Å². The molecule has 8 heteroatoms. The van der Waals surface area contributed by atoms with Crippen LogP contribution in [0, 0.1) is 18.5 Å². The molecule has 7 nitrogen and oxygen atoms in total. The summed E-state index contributed by atoms with van der Waals surface area (Å²) in [6, 6.07) is 87.7. The molecule has 472 valence electrons. The predicted octanol–water partition coefficient (Wildman–Crippen LogP) is 22.5. The molecule has 0 N–H and O–H groups in total. The second kappa shape index (κ2) is 21.5. The Balaban J connectivity index is 0.00000697. The third-order valence-corrected chi connectivity index (χ3v) is 20.9. The second-order valence-electron chi connectivity index (χ2n) is 29.8. The molecular formula is C88H71N5O2Pt-2. The number of benzene rings is 11. The molecule has 0 spiro atoms. The van der Waals surface area contributed by atoms with Gasteiger partial charge in [0.2, 0.25) is 0 Å². The third kappa shape index (κ3) is 9.24. The van der Waals surface area contributed by atoms with Crippen LogP contribution in [0.5, 0.6) is 11.5 Å². The fraction of sp³-hybridized carbons (Fsp3) is 0.182. The van der Waals surface area contributed by atoms with E-state index < -0.39 is 0 Å². The van der Waals surface area contributed by atoms with Crippen molar-refractivity contribution in [1.29, 1.82) is 0 Å². The van der Waals surface area contributed by atoms with Crippen molar-refractivity contribution in [3.05, 3.63) is 265 Å². The largest absolute Gasteiger partial charge is 0.510 e. The van der Waals surface area contributed by atoms with Gasteiger partial charge in [-0.1, -0.05) is 196 Å². The Hall–Kier alpha value is -10.1. The summed E-state index contributed by atoms with van der Waals surface area (Å²) < 4.78 is 22.9. The zero-order valence-electron chi connectivity index (χ0n) is 55.6. The van der Waals surface area contributed by atoms with Crippen LogP contribution in [0.3, 0.4) is 0 Å². The van der Waals surface area contributed by atoms with Crippen molar-refractivity contribution in [3.63, 3.8) is 0 Å². The molecule has 96 heavy (non-hydrogen) atoms. The minimum atomic E-state index is -0.241. The van der Waals surface area contributed by atoms with Crippen molar-refractivity contribution in [2.45, 2.75) is 104 Å². The summed E-state index contributed by atoms with van der Waals surface area (Å²) >= 11 is 0. The number of hydrogen-bond donors (Lipinski definition) is 0. The summed E-state index contributed by atoms with van der Waals surface area (Å²) in [7, 11) is 0. The Morgan fingerprint density at radius 1 is 0.458 bits per heavy atom. The normalized spacial score (nSPS) is 14.1. The van der Waals surface area contributed by atoms with Gasteiger partial charge in [-0.05, 0) is 179 Å². The van der Waals surface area contributed by atoms with Crippen LogP contribution in [-0.2, 0) is 42.7 Å². The number of para-hydroxylation sites is 4. The summed E-state index contributed by atoms with van der Waals surface area (Å²) in [5.74, 6) is 1.94. The Morgan fingerprint density at radius 3 is 1.73 bits per heavy atom. The van der Waals surface area contributed by atoms with Crippen LogP contribution in [0.4, 0.5) is 0 Å². The summed E-state index contributed by atoms with van der Waals surface area (Å²) in [6.45, 7) is 23.6. The molecular weight excluding hydrogens is 1350 g/mol. The molecule has 5 aromatic heterocycles. The Labute approximate surface area is 574 Å². The predicted molar refractivity (Wildman–Crippen MR) is 390 cm³/mol. The van der Waals surface area contributed by atoms with E-state index in [2.05, 4.69) is 312 Å². The molecule has 18 rings (SSSR count). The topological polar surface area (TPSA) is 53.9 Å². The van der Waals surface area contributed by atoms with E-state index >= 15 is 0 Å². The van der Waals surface area contributed by atoms with E-state index in [0.29, 0.717) is 11.5 Å². The van der Waals surface area contributed by atoms with E-state index in [-0.39, 0.29) is 42.7 Å². The van der Waals surface area contributed by atoms with Crippen LogP contribution >= 0.6 is 0 Å². The number of imidazole rings is 1. The van der Waals surface area contributed by atoms with Gasteiger partial charge in [0.1, 0.15) is 17.0 Å². The first kappa shape index (κ1) is 59.7. The number of ether oxygens (including phenoxy) is 1. The summed E-state index contributed by atoms with van der Waals surface area (Å²) in [5, 5.41) is 6.75. The van der Waals surface area contributed by atoms with Crippen LogP contribution < -0.4 is 9.30 Å². The molecule has 6 heterocycles. The number of nitrogens with zero attached hydrogens (tertiary/aromatic N) is 5. The van der Waals surface area contributed by atoms with E-state index in [1.807, 2.05) is 18.3 Å². The van der Waals surface area contributed by atoms with Crippen molar-refractivity contribution in [2.24, 2.45) is 0 Å². The maximum atomic E-state index is 7.04. The second-order valence-corrected chi connectivity index (χ2v) is 29.8. The van der Waals surface area contributed by atoms with Gasteiger partial charge >= 0.3 is 0 Å². The van der Waals surface area contributed by atoms with Gasteiger partial charge in [-0.3, -0.25) is 4.57 Å². The van der Waals surface area contributed by atoms with Crippen LogP contribution in [0.25, 0.3) is 144 Å². The molecule has 16 aromatic rings. The van der Waals surface area contributed by atoms with Crippen molar-refractivity contribution < 1.29 is 34.8 Å². The van der Waals surface area contributed by atoms with Gasteiger partial charge in [0, 0.05) is 71.5 Å². The molecule has 0 radical (unpaired) electrons. The van der Waals surface area contributed by atoms with Gasteiger partial charge in [0.05, 0.1) is 27.8 Å². The molecule has 0 unspecified atom stereocenters. The molecule has 0 saturated carbocycles. The monoisotopic (exact) mass is 1420 g/mol. The molecule has 1 aliphatic carbocycles. The van der Waals surface area contributed by atoms with E-state index in [1.54, 1.807) is 0 Å². The SMILES string of the molecule is CC(C)(C)c1ccnc(-n2c3[c-]c(Oc4[c-]c(-n5[c-][n+]6c7c(cc(-n8c9ccccc9c9ccccc98)cc75)-c5ccccc5-c5cc7c(cc5-c5cc(C(C)(C)C)cc(-c8ccc9oc%10ccccc%10c9c8)c5-6)C(C)(C)CCC7(C)C)ccc4)ccc3c3ccccc32)c1.[Pt]. The number of fused-ring (bicyclic) bond motifs is 17. The molecule has 2 aliphatic rings. The summed E-state index contributed by atoms with van der Waals surface area (Å²) in [4.78, 5) is 4.97. The average Bonchev–Trinajstić information content (AvgIpc) is 1.42. The van der Waals surface area contributed by atoms with E-state index in [4.69, 9.17) is 14.1 Å². The number of furan rings is 1. The van der Waals surface area contributed by atoms with Crippen molar-refractivity contribution in [1.82, 2.24) is 18.7 Å². The van der Waals surface area contributed by atoms with Crippen molar-refractivity contribution in [3.8, 4) is 78.9 Å². The van der Waals surface area contributed by atoms with Gasteiger partial charge in [0.15, 0.2) is 0 Å². The molecule has 0 saturated heterocycles. The average molecular weight is 1430 g/mol. The first-order valence-corrected chi connectivity index (χ1v) is 33.4. The van der Waals surface area contributed by atoms with Gasteiger partial charge in [-0.25, -0.2) is 4.98 Å². The van der Waals surface area contributed by atoms with Gasteiger partial charge in [-0.15, -0.1) is 29.7 Å². The zero-order chi connectivity index (χ0) is 64.6. The Morgan fingerprint density at radius 2 is 1.04 bits per heavy atom. The summed E-state index contributed by atoms with van der Waals surface area (Å²) in [6.07, 6.45) is 8.30. The minimum absolute atomic E-state index is 0. The van der Waals surface area contributed by atoms with Crippen molar-refractivity contribution in [2.75, 3.05) is 0 Å². The first-order valence-electron chi connectivity index (χ1n) is 33.4. The number of hydrogen-bond acceptors (Lipinski definition) is 3. The molecule has 0 fully saturated rings. The van der Waals surface area contributed by atoms with E-state index in [9.17, 15) is 0 Å². The third-order valence-electron chi connectivity index (χ3n) is 20.9. The zero-order valence-corrected chi connectivity index (χ0v) is 57.9. The molecule has 1 aliphatic heterocycles. The maximum absolute atomic E-state index is 7.04. The van der Waals surface area contributed by atoms with Crippen LogP contribution in [0.2, 0.25) is 0 Å². The number of aromatic nitrogens is 5. The molecule has 0 bridgehead atoms.